The molecule has 0 radical (unpaired) electrons. The number of hydrogen-bond acceptors (Lipinski definition) is 3. The van der Waals surface area contributed by atoms with E-state index in [1.165, 1.54) is 12.1 Å². The molecule has 2 aromatic rings. The number of nitrogens with one attached hydrogen (secondary N) is 2. The molecule has 1 aromatic heterocycles. The first kappa shape index (κ1) is 14.5. The number of benzene rings is 1. The van der Waals surface area contributed by atoms with Crippen LogP contribution >= 0.6 is 11.6 Å². The molecule has 20 heavy (non-hydrogen) atoms. The van der Waals surface area contributed by atoms with E-state index in [4.69, 9.17) is 11.6 Å². The molecule has 0 fully saturated rings. The normalized spacial score (nSPS) is 10.8. The molecule has 0 amide bonds. The van der Waals surface area contributed by atoms with E-state index < -0.39 is 5.82 Å². The molecule has 0 unspecified atom stereocenters. The number of rotatable bonds is 4. The molecular formula is C14H15ClFN3O. The summed E-state index contributed by atoms with van der Waals surface area (Å²) < 4.78 is 13.0. The van der Waals surface area contributed by atoms with Crippen LogP contribution in [-0.4, -0.2) is 9.97 Å². The molecule has 0 saturated heterocycles. The van der Waals surface area contributed by atoms with E-state index in [0.29, 0.717) is 18.2 Å². The minimum absolute atomic E-state index is 0.0750. The summed E-state index contributed by atoms with van der Waals surface area (Å²) in [6.45, 7) is 4.30. The second kappa shape index (κ2) is 6.05. The van der Waals surface area contributed by atoms with Gasteiger partial charge in [0.1, 0.15) is 17.5 Å². The topological polar surface area (TPSA) is 57.8 Å². The van der Waals surface area contributed by atoms with Gasteiger partial charge in [-0.05, 0) is 17.7 Å². The van der Waals surface area contributed by atoms with Gasteiger partial charge in [0.05, 0.1) is 5.02 Å². The van der Waals surface area contributed by atoms with E-state index in [1.54, 1.807) is 12.1 Å². The fourth-order valence-electron chi connectivity index (χ4n) is 1.68. The van der Waals surface area contributed by atoms with Gasteiger partial charge in [0, 0.05) is 18.5 Å². The lowest BCUT2D eigenvalue weighted by Gasteiger charge is -2.09. The van der Waals surface area contributed by atoms with Crippen molar-refractivity contribution in [3.63, 3.8) is 0 Å². The van der Waals surface area contributed by atoms with E-state index >= 15 is 0 Å². The lowest BCUT2D eigenvalue weighted by atomic mass is 10.2. The molecule has 106 valence electrons. The quantitative estimate of drug-likeness (QED) is 0.910. The maximum atomic E-state index is 13.0. The summed E-state index contributed by atoms with van der Waals surface area (Å²) in [7, 11) is 0. The molecule has 1 aromatic carbocycles. The summed E-state index contributed by atoms with van der Waals surface area (Å²) in [6, 6.07) is 5.87. The maximum Gasteiger partial charge on any atom is 0.252 e. The minimum Gasteiger partial charge on any atom is -0.366 e. The Balaban J connectivity index is 2.14. The fraction of sp³-hybridized carbons (Fsp3) is 0.286. The Labute approximate surface area is 121 Å². The first-order chi connectivity index (χ1) is 9.45. The second-order valence-corrected chi connectivity index (χ2v) is 5.18. The van der Waals surface area contributed by atoms with Crippen LogP contribution < -0.4 is 10.9 Å². The zero-order valence-electron chi connectivity index (χ0n) is 11.2. The lowest BCUT2D eigenvalue weighted by molar-refractivity contribution is 0.627. The summed E-state index contributed by atoms with van der Waals surface area (Å²) in [6.07, 6.45) is 0. The van der Waals surface area contributed by atoms with Crippen molar-refractivity contribution in [3.05, 3.63) is 56.8 Å². The van der Waals surface area contributed by atoms with Gasteiger partial charge < -0.3 is 10.3 Å². The van der Waals surface area contributed by atoms with Crippen molar-refractivity contribution in [1.82, 2.24) is 9.97 Å². The Morgan fingerprint density at radius 1 is 1.40 bits per heavy atom. The van der Waals surface area contributed by atoms with Gasteiger partial charge in [0.2, 0.25) is 0 Å². The Morgan fingerprint density at radius 2 is 2.15 bits per heavy atom. The molecule has 0 aliphatic heterocycles. The number of hydrogen-bond donors (Lipinski definition) is 2. The van der Waals surface area contributed by atoms with Crippen LogP contribution in [-0.2, 0) is 6.54 Å². The van der Waals surface area contributed by atoms with Gasteiger partial charge >= 0.3 is 0 Å². The van der Waals surface area contributed by atoms with Crippen molar-refractivity contribution >= 4 is 17.4 Å². The predicted octanol–water partition coefficient (Wildman–Crippen LogP) is 3.30. The van der Waals surface area contributed by atoms with Crippen LogP contribution in [0.4, 0.5) is 10.2 Å². The highest BCUT2D eigenvalue weighted by Gasteiger charge is 2.06. The summed E-state index contributed by atoms with van der Waals surface area (Å²) in [5.74, 6) is 0.784. The summed E-state index contributed by atoms with van der Waals surface area (Å²) in [5, 5.41) is 3.11. The predicted molar refractivity (Wildman–Crippen MR) is 77.7 cm³/mol. The van der Waals surface area contributed by atoms with Gasteiger partial charge in [-0.1, -0.05) is 31.5 Å². The molecule has 0 saturated carbocycles. The average molecular weight is 296 g/mol. The van der Waals surface area contributed by atoms with E-state index in [2.05, 4.69) is 15.3 Å². The van der Waals surface area contributed by atoms with E-state index in [1.807, 2.05) is 13.8 Å². The standard InChI is InChI=1S/C14H15ClFN3O/c1-8(2)14-18-12(6-13(20)19-14)17-7-9-3-4-11(16)10(15)5-9/h3-6,8H,7H2,1-2H3,(H2,17,18,19,20). The number of halogens is 2. The highest BCUT2D eigenvalue weighted by atomic mass is 35.5. The van der Waals surface area contributed by atoms with Crippen LogP contribution in [0.25, 0.3) is 0 Å². The Hall–Kier alpha value is -1.88. The zero-order chi connectivity index (χ0) is 14.7. The Bertz CT molecular complexity index is 670. The van der Waals surface area contributed by atoms with Crippen molar-refractivity contribution < 1.29 is 4.39 Å². The van der Waals surface area contributed by atoms with Crippen molar-refractivity contribution in [3.8, 4) is 0 Å². The molecule has 6 heteroatoms. The maximum absolute atomic E-state index is 13.0. The molecular weight excluding hydrogens is 281 g/mol. The van der Waals surface area contributed by atoms with Gasteiger partial charge in [0.15, 0.2) is 0 Å². The van der Waals surface area contributed by atoms with E-state index in [9.17, 15) is 9.18 Å². The first-order valence-electron chi connectivity index (χ1n) is 6.25. The SMILES string of the molecule is CC(C)c1nc(NCc2ccc(F)c(Cl)c2)cc(=O)[nH]1. The lowest BCUT2D eigenvalue weighted by Crippen LogP contribution is -2.14. The third-order valence-electron chi connectivity index (χ3n) is 2.76. The zero-order valence-corrected chi connectivity index (χ0v) is 12.0. The van der Waals surface area contributed by atoms with Gasteiger partial charge in [-0.15, -0.1) is 0 Å². The highest BCUT2D eigenvalue weighted by molar-refractivity contribution is 6.30. The molecule has 2 N–H and O–H groups in total. The van der Waals surface area contributed by atoms with Crippen molar-refractivity contribution in [2.75, 3.05) is 5.32 Å². The molecule has 0 aliphatic carbocycles. The van der Waals surface area contributed by atoms with Crippen LogP contribution in [0.2, 0.25) is 5.02 Å². The second-order valence-electron chi connectivity index (χ2n) is 4.77. The van der Waals surface area contributed by atoms with Crippen LogP contribution in [0.3, 0.4) is 0 Å². The van der Waals surface area contributed by atoms with Gasteiger partial charge in [-0.25, -0.2) is 9.37 Å². The average Bonchev–Trinajstić information content (AvgIpc) is 2.39. The molecule has 0 bridgehead atoms. The van der Waals surface area contributed by atoms with Crippen LogP contribution in [0.1, 0.15) is 31.2 Å². The molecule has 0 spiro atoms. The highest BCUT2D eigenvalue weighted by Crippen LogP contribution is 2.17. The summed E-state index contributed by atoms with van der Waals surface area (Å²) in [4.78, 5) is 18.5. The van der Waals surface area contributed by atoms with Crippen molar-refractivity contribution in [2.24, 2.45) is 0 Å². The van der Waals surface area contributed by atoms with E-state index in [0.717, 1.165) is 5.56 Å². The van der Waals surface area contributed by atoms with Crippen molar-refractivity contribution in [2.45, 2.75) is 26.3 Å². The van der Waals surface area contributed by atoms with Crippen molar-refractivity contribution in [1.29, 1.82) is 0 Å². The fourth-order valence-corrected chi connectivity index (χ4v) is 1.89. The molecule has 0 atom stereocenters. The van der Waals surface area contributed by atoms with E-state index in [-0.39, 0.29) is 16.5 Å². The van der Waals surface area contributed by atoms with Gasteiger partial charge in [-0.2, -0.15) is 0 Å². The minimum atomic E-state index is -0.452. The summed E-state index contributed by atoms with van der Waals surface area (Å²) in [5.41, 5.74) is 0.605. The number of H-pyrrole nitrogens is 1. The number of aromatic nitrogens is 2. The molecule has 1 heterocycles. The summed E-state index contributed by atoms with van der Waals surface area (Å²) >= 11 is 5.71. The molecule has 4 nitrogen and oxygen atoms in total. The largest absolute Gasteiger partial charge is 0.366 e. The monoisotopic (exact) mass is 295 g/mol. The van der Waals surface area contributed by atoms with Gasteiger partial charge in [-0.3, -0.25) is 4.79 Å². The van der Waals surface area contributed by atoms with Crippen LogP contribution in [0.5, 0.6) is 0 Å². The number of anilines is 1. The third kappa shape index (κ3) is 3.57. The Morgan fingerprint density at radius 3 is 2.80 bits per heavy atom. The Kier molecular flexibility index (Phi) is 4.39. The molecule has 2 rings (SSSR count). The van der Waals surface area contributed by atoms with Crippen LogP contribution in [0, 0.1) is 5.82 Å². The van der Waals surface area contributed by atoms with Gasteiger partial charge in [0.25, 0.3) is 5.56 Å². The number of nitrogens with zero attached hydrogens (tertiary/aromatic N) is 1. The first-order valence-corrected chi connectivity index (χ1v) is 6.62. The van der Waals surface area contributed by atoms with Crippen LogP contribution in [0.15, 0.2) is 29.1 Å². The third-order valence-corrected chi connectivity index (χ3v) is 3.05. The number of aromatic amines is 1. The smallest absolute Gasteiger partial charge is 0.252 e. The molecule has 0 aliphatic rings.